The van der Waals surface area contributed by atoms with E-state index in [0.29, 0.717) is 28.0 Å². The summed E-state index contributed by atoms with van der Waals surface area (Å²) in [5, 5.41) is 1.37. The van der Waals surface area contributed by atoms with Crippen LogP contribution in [0.15, 0.2) is 71.0 Å². The van der Waals surface area contributed by atoms with Crippen LogP contribution in [-0.2, 0) is 5.75 Å². The van der Waals surface area contributed by atoms with Crippen LogP contribution in [0.2, 0.25) is 5.02 Å². The van der Waals surface area contributed by atoms with Crippen molar-refractivity contribution in [2.24, 2.45) is 0 Å². The summed E-state index contributed by atoms with van der Waals surface area (Å²) < 4.78 is 3.55. The average Bonchev–Trinajstić information content (AvgIpc) is 3.15. The Morgan fingerprint density at radius 2 is 2.00 bits per heavy atom. The molecular weight excluding hydrogens is 392 g/mol. The Morgan fingerprint density at radius 3 is 2.82 bits per heavy atom. The highest BCUT2D eigenvalue weighted by Gasteiger charge is 2.12. The van der Waals surface area contributed by atoms with Crippen LogP contribution < -0.4 is 5.56 Å². The zero-order valence-electron chi connectivity index (χ0n) is 15.5. The van der Waals surface area contributed by atoms with E-state index in [0.717, 1.165) is 10.8 Å². The molecular formula is C21H19ClN4OS. The topological polar surface area (TPSA) is 52.2 Å². The van der Waals surface area contributed by atoms with Crippen molar-refractivity contribution < 1.29 is 0 Å². The number of para-hydroxylation sites is 1. The first-order chi connectivity index (χ1) is 13.5. The van der Waals surface area contributed by atoms with E-state index in [1.165, 1.54) is 9.96 Å². The van der Waals surface area contributed by atoms with E-state index in [1.54, 1.807) is 42.4 Å². The van der Waals surface area contributed by atoms with Gasteiger partial charge in [0, 0.05) is 30.4 Å². The molecule has 0 aliphatic rings. The van der Waals surface area contributed by atoms with Gasteiger partial charge in [0.1, 0.15) is 5.65 Å². The third-order valence-corrected chi connectivity index (χ3v) is 5.67. The number of hydrogen-bond donors (Lipinski definition) is 0. The molecule has 5 nitrogen and oxygen atoms in total. The lowest BCUT2D eigenvalue weighted by Gasteiger charge is -2.15. The summed E-state index contributed by atoms with van der Waals surface area (Å²) in [5.41, 5.74) is 3.54. The highest BCUT2D eigenvalue weighted by atomic mass is 35.5. The van der Waals surface area contributed by atoms with Gasteiger partial charge in [0.25, 0.3) is 5.56 Å². The van der Waals surface area contributed by atoms with Crippen molar-refractivity contribution in [3.05, 3.63) is 87.7 Å². The Labute approximate surface area is 172 Å². The Hall–Kier alpha value is -2.57. The molecule has 0 N–H and O–H groups in total. The molecule has 0 aliphatic carbocycles. The summed E-state index contributed by atoms with van der Waals surface area (Å²) in [6.07, 6.45) is 5.34. The fraction of sp³-hybridized carbons (Fsp3) is 0.190. The molecule has 28 heavy (non-hydrogen) atoms. The predicted molar refractivity (Wildman–Crippen MR) is 114 cm³/mol. The minimum absolute atomic E-state index is 0.142. The van der Waals surface area contributed by atoms with Crippen molar-refractivity contribution in [3.8, 4) is 5.69 Å². The molecule has 0 saturated heterocycles. The lowest BCUT2D eigenvalue weighted by Crippen LogP contribution is -2.15. The van der Waals surface area contributed by atoms with Gasteiger partial charge in [-0.25, -0.2) is 9.97 Å². The molecule has 0 saturated carbocycles. The SMILES string of the molecule is CC(C)c1ccccc1-n1ccnc1SCc1cc(=O)n2cc(Cl)ccc2n1. The maximum Gasteiger partial charge on any atom is 0.258 e. The van der Waals surface area contributed by atoms with Crippen molar-refractivity contribution in [1.29, 1.82) is 0 Å². The molecule has 142 valence electrons. The fourth-order valence-electron chi connectivity index (χ4n) is 3.11. The number of imidazole rings is 1. The Kier molecular flexibility index (Phi) is 5.24. The number of hydrogen-bond acceptors (Lipinski definition) is 4. The van der Waals surface area contributed by atoms with E-state index in [9.17, 15) is 4.79 Å². The van der Waals surface area contributed by atoms with Gasteiger partial charge >= 0.3 is 0 Å². The minimum Gasteiger partial charge on any atom is -0.295 e. The van der Waals surface area contributed by atoms with Crippen LogP contribution in [-0.4, -0.2) is 18.9 Å². The number of pyridine rings is 1. The van der Waals surface area contributed by atoms with Crippen LogP contribution in [0.25, 0.3) is 11.3 Å². The van der Waals surface area contributed by atoms with Crippen molar-refractivity contribution >= 4 is 29.0 Å². The molecule has 1 aromatic carbocycles. The number of fused-ring (bicyclic) bond motifs is 1. The minimum atomic E-state index is -0.142. The van der Waals surface area contributed by atoms with Crippen LogP contribution in [0.4, 0.5) is 0 Å². The smallest absolute Gasteiger partial charge is 0.258 e. The molecule has 0 aliphatic heterocycles. The second-order valence-corrected chi connectivity index (χ2v) is 8.12. The largest absolute Gasteiger partial charge is 0.295 e. The molecule has 0 unspecified atom stereocenters. The van der Waals surface area contributed by atoms with Gasteiger partial charge in [-0.3, -0.25) is 13.8 Å². The fourth-order valence-corrected chi connectivity index (χ4v) is 4.13. The van der Waals surface area contributed by atoms with Gasteiger partial charge in [0.05, 0.1) is 16.4 Å². The highest BCUT2D eigenvalue weighted by molar-refractivity contribution is 7.98. The number of benzene rings is 1. The van der Waals surface area contributed by atoms with E-state index in [-0.39, 0.29) is 5.56 Å². The summed E-state index contributed by atoms with van der Waals surface area (Å²) in [6.45, 7) is 4.36. The third-order valence-electron chi connectivity index (χ3n) is 4.45. The zero-order valence-corrected chi connectivity index (χ0v) is 17.1. The molecule has 4 aromatic rings. The summed E-state index contributed by atoms with van der Waals surface area (Å²) in [6, 6.07) is 13.4. The van der Waals surface area contributed by atoms with E-state index in [2.05, 4.69) is 46.6 Å². The highest BCUT2D eigenvalue weighted by Crippen LogP contribution is 2.28. The van der Waals surface area contributed by atoms with Gasteiger partial charge in [-0.2, -0.15) is 0 Å². The first-order valence-corrected chi connectivity index (χ1v) is 10.3. The molecule has 7 heteroatoms. The lowest BCUT2D eigenvalue weighted by molar-refractivity contribution is 0.817. The van der Waals surface area contributed by atoms with E-state index >= 15 is 0 Å². The zero-order chi connectivity index (χ0) is 19.7. The molecule has 0 amide bonds. The predicted octanol–water partition coefficient (Wildman–Crippen LogP) is 4.95. The van der Waals surface area contributed by atoms with Crippen LogP contribution in [0.1, 0.15) is 31.0 Å². The first kappa shape index (κ1) is 18.8. The maximum atomic E-state index is 12.4. The number of rotatable bonds is 5. The third kappa shape index (κ3) is 3.70. The van der Waals surface area contributed by atoms with E-state index in [4.69, 9.17) is 11.6 Å². The average molecular weight is 411 g/mol. The maximum absolute atomic E-state index is 12.4. The standard InChI is InChI=1S/C21H19ClN4OS/c1-14(2)17-5-3-4-6-18(17)25-10-9-23-21(25)28-13-16-11-20(27)26-12-15(22)7-8-19(26)24-16/h3-12,14H,13H2,1-2H3. The summed E-state index contributed by atoms with van der Waals surface area (Å²) >= 11 is 7.52. The summed E-state index contributed by atoms with van der Waals surface area (Å²) in [4.78, 5) is 21.4. The quantitative estimate of drug-likeness (QED) is 0.437. The molecule has 3 aromatic heterocycles. The van der Waals surface area contributed by atoms with Crippen LogP contribution >= 0.6 is 23.4 Å². The molecule has 0 radical (unpaired) electrons. The summed E-state index contributed by atoms with van der Waals surface area (Å²) in [5.74, 6) is 0.959. The Bertz CT molecular complexity index is 1200. The first-order valence-electron chi connectivity index (χ1n) is 8.96. The van der Waals surface area contributed by atoms with Crippen molar-refractivity contribution in [2.45, 2.75) is 30.7 Å². The van der Waals surface area contributed by atoms with Crippen molar-refractivity contribution in [1.82, 2.24) is 18.9 Å². The van der Waals surface area contributed by atoms with Crippen LogP contribution in [0.3, 0.4) is 0 Å². The van der Waals surface area contributed by atoms with Crippen molar-refractivity contribution in [2.75, 3.05) is 0 Å². The molecule has 4 rings (SSSR count). The molecule has 0 fully saturated rings. The Morgan fingerprint density at radius 1 is 1.18 bits per heavy atom. The van der Waals surface area contributed by atoms with E-state index in [1.807, 2.05) is 12.3 Å². The van der Waals surface area contributed by atoms with Gasteiger partial charge in [0.2, 0.25) is 0 Å². The van der Waals surface area contributed by atoms with Gasteiger partial charge in [-0.15, -0.1) is 0 Å². The van der Waals surface area contributed by atoms with Crippen LogP contribution in [0.5, 0.6) is 0 Å². The monoisotopic (exact) mass is 410 g/mol. The second kappa shape index (κ2) is 7.81. The molecule has 0 bridgehead atoms. The lowest BCUT2D eigenvalue weighted by atomic mass is 10.0. The molecule has 0 atom stereocenters. The van der Waals surface area contributed by atoms with Gasteiger partial charge in [0.15, 0.2) is 5.16 Å². The van der Waals surface area contributed by atoms with Gasteiger partial charge in [-0.05, 0) is 29.7 Å². The number of halogens is 1. The second-order valence-electron chi connectivity index (χ2n) is 6.74. The Balaban J connectivity index is 1.63. The molecule has 0 spiro atoms. The normalized spacial score (nSPS) is 11.4. The van der Waals surface area contributed by atoms with Crippen molar-refractivity contribution in [3.63, 3.8) is 0 Å². The van der Waals surface area contributed by atoms with E-state index < -0.39 is 0 Å². The van der Waals surface area contributed by atoms with Crippen LogP contribution in [0, 0.1) is 0 Å². The number of nitrogens with zero attached hydrogens (tertiary/aromatic N) is 4. The van der Waals surface area contributed by atoms with Gasteiger partial charge in [-0.1, -0.05) is 55.4 Å². The number of aromatic nitrogens is 4. The summed E-state index contributed by atoms with van der Waals surface area (Å²) in [7, 11) is 0. The molecule has 3 heterocycles. The number of thioether (sulfide) groups is 1. The van der Waals surface area contributed by atoms with Gasteiger partial charge < -0.3 is 0 Å².